The van der Waals surface area contributed by atoms with Gasteiger partial charge >= 0.3 is 11.7 Å². The molecule has 3 rings (SSSR count). The molecule has 7 heteroatoms. The number of aromatic amines is 1. The van der Waals surface area contributed by atoms with E-state index in [1.54, 1.807) is 6.07 Å². The standard InChI is InChI=1S/C17H13FN2O4/c1-24-16(22)11-5-6-14-13(8-11)15(21)20(17(23)19-14)9-10-3-2-4-12(18)7-10/h2-8H,9H2,1H3,(H,19,23). The van der Waals surface area contributed by atoms with Gasteiger partial charge in [-0.25, -0.2) is 14.0 Å². The van der Waals surface area contributed by atoms with Gasteiger partial charge in [-0.15, -0.1) is 0 Å². The average Bonchev–Trinajstić information content (AvgIpc) is 2.58. The Hall–Kier alpha value is -3.22. The number of esters is 1. The molecule has 0 amide bonds. The highest BCUT2D eigenvalue weighted by molar-refractivity contribution is 5.94. The zero-order chi connectivity index (χ0) is 17.3. The van der Waals surface area contributed by atoms with Crippen molar-refractivity contribution >= 4 is 16.9 Å². The molecule has 0 unspecified atom stereocenters. The van der Waals surface area contributed by atoms with Crippen molar-refractivity contribution in [3.63, 3.8) is 0 Å². The molecule has 0 aliphatic carbocycles. The van der Waals surface area contributed by atoms with E-state index in [9.17, 15) is 18.8 Å². The molecular formula is C17H13FN2O4. The predicted octanol–water partition coefficient (Wildman–Crippen LogP) is 1.66. The number of halogens is 1. The summed E-state index contributed by atoms with van der Waals surface area (Å²) in [5.74, 6) is -1.04. The minimum atomic E-state index is -0.609. The van der Waals surface area contributed by atoms with E-state index in [-0.39, 0.29) is 17.5 Å². The smallest absolute Gasteiger partial charge is 0.337 e. The number of hydrogen-bond acceptors (Lipinski definition) is 4. The molecule has 0 bridgehead atoms. The van der Waals surface area contributed by atoms with Crippen LogP contribution >= 0.6 is 0 Å². The molecule has 122 valence electrons. The first kappa shape index (κ1) is 15.7. The number of benzene rings is 2. The summed E-state index contributed by atoms with van der Waals surface area (Å²) in [5.41, 5.74) is -0.183. The van der Waals surface area contributed by atoms with Crippen molar-refractivity contribution in [3.05, 3.63) is 80.2 Å². The van der Waals surface area contributed by atoms with E-state index < -0.39 is 23.0 Å². The largest absolute Gasteiger partial charge is 0.465 e. The third-order valence-corrected chi connectivity index (χ3v) is 3.63. The first-order valence-corrected chi connectivity index (χ1v) is 7.09. The maximum absolute atomic E-state index is 13.3. The van der Waals surface area contributed by atoms with E-state index in [0.29, 0.717) is 11.1 Å². The van der Waals surface area contributed by atoms with Crippen LogP contribution < -0.4 is 11.2 Å². The number of carbonyl (C=O) groups excluding carboxylic acids is 1. The van der Waals surface area contributed by atoms with Crippen molar-refractivity contribution < 1.29 is 13.9 Å². The van der Waals surface area contributed by atoms with Crippen LogP contribution in [0.2, 0.25) is 0 Å². The van der Waals surface area contributed by atoms with Crippen molar-refractivity contribution in [1.29, 1.82) is 0 Å². The Morgan fingerprint density at radius 1 is 1.21 bits per heavy atom. The molecule has 1 aromatic heterocycles. The van der Waals surface area contributed by atoms with Gasteiger partial charge in [0.2, 0.25) is 0 Å². The van der Waals surface area contributed by atoms with Gasteiger partial charge in [-0.3, -0.25) is 9.36 Å². The third kappa shape index (κ3) is 2.83. The summed E-state index contributed by atoms with van der Waals surface area (Å²) in [6.07, 6.45) is 0. The van der Waals surface area contributed by atoms with Crippen LogP contribution in [0, 0.1) is 5.82 Å². The van der Waals surface area contributed by atoms with Crippen LogP contribution in [0.1, 0.15) is 15.9 Å². The van der Waals surface area contributed by atoms with Crippen molar-refractivity contribution in [3.8, 4) is 0 Å². The molecule has 0 atom stereocenters. The van der Waals surface area contributed by atoms with Gasteiger partial charge in [0, 0.05) is 0 Å². The van der Waals surface area contributed by atoms with Crippen LogP contribution in [-0.4, -0.2) is 22.6 Å². The summed E-state index contributed by atoms with van der Waals surface area (Å²) in [6.45, 7) is -0.0790. The van der Waals surface area contributed by atoms with E-state index in [0.717, 1.165) is 4.57 Å². The van der Waals surface area contributed by atoms with Crippen LogP contribution in [-0.2, 0) is 11.3 Å². The maximum atomic E-state index is 13.3. The average molecular weight is 328 g/mol. The van der Waals surface area contributed by atoms with Crippen molar-refractivity contribution in [2.24, 2.45) is 0 Å². The lowest BCUT2D eigenvalue weighted by molar-refractivity contribution is 0.0601. The molecule has 0 fully saturated rings. The lowest BCUT2D eigenvalue weighted by atomic mass is 10.1. The topological polar surface area (TPSA) is 81.2 Å². The van der Waals surface area contributed by atoms with E-state index in [2.05, 4.69) is 9.72 Å². The van der Waals surface area contributed by atoms with Crippen molar-refractivity contribution in [1.82, 2.24) is 9.55 Å². The first-order valence-electron chi connectivity index (χ1n) is 7.09. The summed E-state index contributed by atoms with van der Waals surface area (Å²) in [5, 5.41) is 0.175. The third-order valence-electron chi connectivity index (χ3n) is 3.63. The summed E-state index contributed by atoms with van der Waals surface area (Å²) >= 11 is 0. The summed E-state index contributed by atoms with van der Waals surface area (Å²) in [6, 6.07) is 9.93. The number of H-pyrrole nitrogens is 1. The van der Waals surface area contributed by atoms with Crippen LogP contribution in [0.25, 0.3) is 10.9 Å². The highest BCUT2D eigenvalue weighted by Gasteiger charge is 2.12. The summed E-state index contributed by atoms with van der Waals surface area (Å²) < 4.78 is 18.9. The van der Waals surface area contributed by atoms with Crippen LogP contribution in [0.4, 0.5) is 4.39 Å². The molecule has 2 aromatic carbocycles. The zero-order valence-electron chi connectivity index (χ0n) is 12.7. The Labute approximate surface area is 135 Å². The van der Waals surface area contributed by atoms with E-state index in [1.165, 1.54) is 43.5 Å². The Morgan fingerprint density at radius 3 is 2.71 bits per heavy atom. The highest BCUT2D eigenvalue weighted by Crippen LogP contribution is 2.11. The molecule has 1 N–H and O–H groups in total. The van der Waals surface area contributed by atoms with Crippen LogP contribution in [0.5, 0.6) is 0 Å². The SMILES string of the molecule is COC(=O)c1ccc2[nH]c(=O)n(Cc3cccc(F)c3)c(=O)c2c1. The molecule has 0 saturated carbocycles. The number of hydrogen-bond donors (Lipinski definition) is 1. The fourth-order valence-electron chi connectivity index (χ4n) is 2.46. The second kappa shape index (κ2) is 6.11. The number of methoxy groups -OCH3 is 1. The van der Waals surface area contributed by atoms with E-state index >= 15 is 0 Å². The number of nitrogens with zero attached hydrogens (tertiary/aromatic N) is 1. The predicted molar refractivity (Wildman–Crippen MR) is 85.7 cm³/mol. The first-order chi connectivity index (χ1) is 11.5. The van der Waals surface area contributed by atoms with Gasteiger partial charge in [-0.2, -0.15) is 0 Å². The molecule has 6 nitrogen and oxygen atoms in total. The van der Waals surface area contributed by atoms with Gasteiger partial charge in [0.1, 0.15) is 5.82 Å². The number of nitrogens with one attached hydrogen (secondary N) is 1. The minimum absolute atomic E-state index is 0.0790. The van der Waals surface area contributed by atoms with E-state index in [4.69, 9.17) is 0 Å². The lowest BCUT2D eigenvalue weighted by Crippen LogP contribution is -2.35. The Bertz CT molecular complexity index is 1050. The van der Waals surface area contributed by atoms with Gasteiger partial charge < -0.3 is 9.72 Å². The van der Waals surface area contributed by atoms with Gasteiger partial charge in [-0.1, -0.05) is 12.1 Å². The number of ether oxygens (including phenoxy) is 1. The Kier molecular flexibility index (Phi) is 3.99. The number of fused-ring (bicyclic) bond motifs is 1. The van der Waals surface area contributed by atoms with E-state index in [1.807, 2.05) is 0 Å². The fraction of sp³-hybridized carbons (Fsp3) is 0.118. The second-order valence-corrected chi connectivity index (χ2v) is 5.20. The normalized spacial score (nSPS) is 10.8. The van der Waals surface area contributed by atoms with Gasteiger partial charge in [0.05, 0.1) is 30.1 Å². The molecule has 0 aliphatic heterocycles. The molecule has 3 aromatic rings. The highest BCUT2D eigenvalue weighted by atomic mass is 19.1. The van der Waals surface area contributed by atoms with Crippen LogP contribution in [0.15, 0.2) is 52.1 Å². The Balaban J connectivity index is 2.16. The monoisotopic (exact) mass is 328 g/mol. The number of carbonyl (C=O) groups is 1. The summed E-state index contributed by atoms with van der Waals surface area (Å²) in [4.78, 5) is 38.9. The van der Waals surface area contributed by atoms with Crippen molar-refractivity contribution in [2.75, 3.05) is 7.11 Å². The molecule has 0 radical (unpaired) electrons. The minimum Gasteiger partial charge on any atom is -0.465 e. The van der Waals surface area contributed by atoms with Crippen LogP contribution in [0.3, 0.4) is 0 Å². The number of aromatic nitrogens is 2. The second-order valence-electron chi connectivity index (χ2n) is 5.20. The zero-order valence-corrected chi connectivity index (χ0v) is 12.7. The molecule has 0 saturated heterocycles. The number of rotatable bonds is 3. The Morgan fingerprint density at radius 2 is 2.00 bits per heavy atom. The maximum Gasteiger partial charge on any atom is 0.337 e. The summed E-state index contributed by atoms with van der Waals surface area (Å²) in [7, 11) is 1.24. The molecule has 1 heterocycles. The quantitative estimate of drug-likeness (QED) is 0.742. The molecule has 0 spiro atoms. The lowest BCUT2D eigenvalue weighted by Gasteiger charge is -2.08. The van der Waals surface area contributed by atoms with Gasteiger partial charge in [0.25, 0.3) is 5.56 Å². The molecule has 24 heavy (non-hydrogen) atoms. The van der Waals surface area contributed by atoms with Crippen molar-refractivity contribution in [2.45, 2.75) is 6.54 Å². The van der Waals surface area contributed by atoms with Gasteiger partial charge in [-0.05, 0) is 35.9 Å². The fourth-order valence-corrected chi connectivity index (χ4v) is 2.46. The van der Waals surface area contributed by atoms with Gasteiger partial charge in [0.15, 0.2) is 0 Å². The molecular weight excluding hydrogens is 315 g/mol. The molecule has 0 aliphatic rings.